The number of hydrogen-bond donors (Lipinski definition) is 1. The Morgan fingerprint density at radius 2 is 1.67 bits per heavy atom. The van der Waals surface area contributed by atoms with Gasteiger partial charge < -0.3 is 10.0 Å². The summed E-state index contributed by atoms with van der Waals surface area (Å²) < 4.78 is 1.89. The van der Waals surface area contributed by atoms with Crippen molar-refractivity contribution in [2.75, 3.05) is 25.0 Å². The van der Waals surface area contributed by atoms with E-state index in [4.69, 9.17) is 21.7 Å². The number of hydrogen-bond acceptors (Lipinski definition) is 6. The lowest BCUT2D eigenvalue weighted by atomic mass is 10.0. The van der Waals surface area contributed by atoms with Gasteiger partial charge in [-0.3, -0.25) is 9.88 Å². The van der Waals surface area contributed by atoms with Gasteiger partial charge in [-0.2, -0.15) is 5.10 Å². The van der Waals surface area contributed by atoms with Crippen molar-refractivity contribution >= 4 is 22.9 Å². The van der Waals surface area contributed by atoms with E-state index < -0.39 is 0 Å². The molecule has 2 atom stereocenters. The Bertz CT molecular complexity index is 1620. The lowest BCUT2D eigenvalue weighted by Crippen LogP contribution is -2.56. The van der Waals surface area contributed by atoms with Crippen molar-refractivity contribution in [2.45, 2.75) is 32.4 Å². The van der Waals surface area contributed by atoms with Crippen LogP contribution in [-0.4, -0.2) is 61.8 Å². The van der Waals surface area contributed by atoms with Gasteiger partial charge in [-0.25, -0.2) is 9.50 Å². The number of pyridine rings is 1. The first-order valence-corrected chi connectivity index (χ1v) is 13.7. The van der Waals surface area contributed by atoms with Gasteiger partial charge in [0.05, 0.1) is 16.3 Å². The molecule has 0 spiro atoms. The number of nitrogens with zero attached hydrogens (tertiary/aromatic N) is 6. The minimum atomic E-state index is 0.0180. The van der Waals surface area contributed by atoms with E-state index in [1.807, 2.05) is 35.0 Å². The topological polar surface area (TPSA) is 69.8 Å². The normalized spacial score (nSPS) is 18.1. The van der Waals surface area contributed by atoms with Gasteiger partial charge in [0.25, 0.3) is 0 Å². The second-order valence-electron chi connectivity index (χ2n) is 10.2. The maximum Gasteiger partial charge on any atom is 0.164 e. The highest BCUT2D eigenvalue weighted by atomic mass is 35.5. The lowest BCUT2D eigenvalue weighted by molar-refractivity contribution is 0.154. The maximum absolute atomic E-state index is 10.4. The van der Waals surface area contributed by atoms with Crippen molar-refractivity contribution < 1.29 is 5.11 Å². The van der Waals surface area contributed by atoms with Crippen molar-refractivity contribution in [2.24, 2.45) is 0 Å². The van der Waals surface area contributed by atoms with E-state index in [1.165, 1.54) is 5.69 Å². The minimum absolute atomic E-state index is 0.0180. The Kier molecular flexibility index (Phi) is 6.71. The molecule has 0 radical (unpaired) electrons. The number of rotatable bonds is 5. The Balaban J connectivity index is 1.44. The molecule has 2 aromatic carbocycles. The average molecular weight is 539 g/mol. The molecule has 0 aliphatic carbocycles. The van der Waals surface area contributed by atoms with Crippen molar-refractivity contribution in [3.05, 3.63) is 84.3 Å². The third-order valence-corrected chi connectivity index (χ3v) is 8.21. The predicted molar refractivity (Wildman–Crippen MR) is 157 cm³/mol. The smallest absolute Gasteiger partial charge is 0.164 e. The van der Waals surface area contributed by atoms with Crippen molar-refractivity contribution in [3.8, 4) is 39.4 Å². The Morgan fingerprint density at radius 1 is 0.923 bits per heavy atom. The summed E-state index contributed by atoms with van der Waals surface area (Å²) in [6.45, 7) is 6.60. The molecule has 1 aliphatic heterocycles. The van der Waals surface area contributed by atoms with Gasteiger partial charge >= 0.3 is 0 Å². The molecule has 4 heterocycles. The molecule has 39 heavy (non-hydrogen) atoms. The van der Waals surface area contributed by atoms with Crippen molar-refractivity contribution in [1.29, 1.82) is 0 Å². The van der Waals surface area contributed by atoms with Crippen LogP contribution in [0.3, 0.4) is 0 Å². The number of piperazine rings is 1. The molecule has 5 aromatic rings. The largest absolute Gasteiger partial charge is 0.506 e. The molecule has 1 unspecified atom stereocenters. The SMILES string of the molecule is CC[C@H]1CN(c2ccc(-c3ccnc4c(-c5ccc(Cl)c(O)c5)c(-c5ccncc5)nn34)cc2)CC(C)N1C. The van der Waals surface area contributed by atoms with Crippen LogP contribution in [-0.2, 0) is 0 Å². The van der Waals surface area contributed by atoms with Crippen LogP contribution in [0, 0.1) is 0 Å². The van der Waals surface area contributed by atoms with Crippen LogP contribution in [0.5, 0.6) is 5.75 Å². The summed E-state index contributed by atoms with van der Waals surface area (Å²) in [5, 5.41) is 15.7. The molecule has 3 aromatic heterocycles. The number of phenolic OH excluding ortho intramolecular Hbond substituents is 1. The van der Waals surface area contributed by atoms with Gasteiger partial charge in [0.1, 0.15) is 11.4 Å². The summed E-state index contributed by atoms with van der Waals surface area (Å²) >= 11 is 6.12. The number of anilines is 1. The van der Waals surface area contributed by atoms with Crippen LogP contribution in [0.2, 0.25) is 5.02 Å². The highest BCUT2D eigenvalue weighted by Crippen LogP contribution is 2.38. The first-order valence-electron chi connectivity index (χ1n) is 13.3. The second-order valence-corrected chi connectivity index (χ2v) is 10.6. The fraction of sp³-hybridized carbons (Fsp3) is 0.258. The molecule has 0 saturated carbocycles. The molecule has 6 rings (SSSR count). The summed E-state index contributed by atoms with van der Waals surface area (Å²) in [5.74, 6) is 0.0180. The van der Waals surface area contributed by atoms with Crippen LogP contribution in [0.15, 0.2) is 79.3 Å². The van der Waals surface area contributed by atoms with Gasteiger partial charge in [-0.15, -0.1) is 0 Å². The Morgan fingerprint density at radius 3 is 2.38 bits per heavy atom. The van der Waals surface area contributed by atoms with Crippen molar-refractivity contribution in [3.63, 3.8) is 0 Å². The number of fused-ring (bicyclic) bond motifs is 1. The summed E-state index contributed by atoms with van der Waals surface area (Å²) in [4.78, 5) is 13.9. The third kappa shape index (κ3) is 4.62. The van der Waals surface area contributed by atoms with Gasteiger partial charge in [0.15, 0.2) is 5.65 Å². The van der Waals surface area contributed by atoms with Gasteiger partial charge in [0, 0.05) is 60.6 Å². The molecular weight excluding hydrogens is 508 g/mol. The van der Waals surface area contributed by atoms with Gasteiger partial charge in [-0.1, -0.05) is 36.7 Å². The quantitative estimate of drug-likeness (QED) is 0.279. The Labute approximate surface area is 233 Å². The van der Waals surface area contributed by atoms with Crippen molar-refractivity contribution in [1.82, 2.24) is 24.5 Å². The summed E-state index contributed by atoms with van der Waals surface area (Å²) in [7, 11) is 2.23. The number of likely N-dealkylation sites (N-methyl/N-ethyl adjacent to an activating group) is 1. The highest BCUT2D eigenvalue weighted by Gasteiger charge is 2.28. The van der Waals surface area contributed by atoms with Crippen LogP contribution in [0.25, 0.3) is 39.3 Å². The van der Waals surface area contributed by atoms with Gasteiger partial charge in [-0.05, 0) is 68.4 Å². The minimum Gasteiger partial charge on any atom is -0.506 e. The fourth-order valence-corrected chi connectivity index (χ4v) is 5.66. The lowest BCUT2D eigenvalue weighted by Gasteiger charge is -2.44. The second kappa shape index (κ2) is 10.3. The van der Waals surface area contributed by atoms with E-state index in [2.05, 4.69) is 59.9 Å². The van der Waals surface area contributed by atoms with Gasteiger partial charge in [0.2, 0.25) is 0 Å². The number of phenols is 1. The Hall–Kier alpha value is -3.94. The van der Waals surface area contributed by atoms with E-state index >= 15 is 0 Å². The molecule has 7 nitrogen and oxygen atoms in total. The van der Waals surface area contributed by atoms with E-state index in [9.17, 15) is 5.11 Å². The zero-order valence-electron chi connectivity index (χ0n) is 22.3. The fourth-order valence-electron chi connectivity index (χ4n) is 5.55. The zero-order valence-corrected chi connectivity index (χ0v) is 23.0. The van der Waals surface area contributed by atoms with E-state index in [0.717, 1.165) is 53.2 Å². The van der Waals surface area contributed by atoms with E-state index in [1.54, 1.807) is 24.5 Å². The van der Waals surface area contributed by atoms with Crippen LogP contribution in [0.4, 0.5) is 5.69 Å². The number of aromatic nitrogens is 4. The number of benzene rings is 2. The molecule has 1 aliphatic rings. The molecular formula is C31H31ClN6O. The van der Waals surface area contributed by atoms with E-state index in [-0.39, 0.29) is 5.75 Å². The highest BCUT2D eigenvalue weighted by molar-refractivity contribution is 6.32. The standard InChI is InChI=1S/C31H31ClN6O/c1-4-24-19-37(18-20(2)36(24)3)25-8-5-21(6-9-25)27-13-16-34-31-29(23-7-10-26(32)28(39)17-23)30(35-38(27)31)22-11-14-33-15-12-22/h5-17,20,24,39H,4,18-19H2,1-3H3/t20?,24-/m0/s1. The molecule has 198 valence electrons. The maximum atomic E-state index is 10.4. The number of halogens is 1. The molecule has 0 amide bonds. The van der Waals surface area contributed by atoms with E-state index in [0.29, 0.717) is 22.8 Å². The summed E-state index contributed by atoms with van der Waals surface area (Å²) in [5.41, 5.74) is 7.20. The number of aromatic hydroxyl groups is 1. The monoisotopic (exact) mass is 538 g/mol. The summed E-state index contributed by atoms with van der Waals surface area (Å²) in [6.07, 6.45) is 6.44. The molecule has 8 heteroatoms. The van der Waals surface area contributed by atoms with Crippen LogP contribution >= 0.6 is 11.6 Å². The first-order chi connectivity index (χ1) is 18.9. The average Bonchev–Trinajstić information content (AvgIpc) is 3.36. The first kappa shape index (κ1) is 25.3. The molecule has 1 N–H and O–H groups in total. The van der Waals surface area contributed by atoms with Crippen LogP contribution in [0.1, 0.15) is 20.3 Å². The molecule has 0 bridgehead atoms. The molecule has 1 saturated heterocycles. The predicted octanol–water partition coefficient (Wildman–Crippen LogP) is 6.40. The summed E-state index contributed by atoms with van der Waals surface area (Å²) in [6, 6.07) is 20.9. The van der Waals surface area contributed by atoms with Crippen LogP contribution < -0.4 is 4.90 Å². The third-order valence-electron chi connectivity index (χ3n) is 7.89. The molecule has 1 fully saturated rings. The zero-order chi connectivity index (χ0) is 27.1.